The molecule has 10 heteroatoms. The van der Waals surface area contributed by atoms with E-state index >= 15 is 0 Å². The molecule has 4 aromatic rings. The molecule has 4 rings (SSSR count). The SMILES string of the molecule is C=CC(=O)N(CCn1nc(-c2ccc(F)c(NC)c2)c2c(N)ncnc21)C(=O)c1ccccc1. The van der Waals surface area contributed by atoms with Gasteiger partial charge in [-0.05, 0) is 36.4 Å². The van der Waals surface area contributed by atoms with E-state index in [1.54, 1.807) is 54.2 Å². The lowest BCUT2D eigenvalue weighted by Gasteiger charge is -2.19. The van der Waals surface area contributed by atoms with E-state index in [1.807, 2.05) is 0 Å². The summed E-state index contributed by atoms with van der Waals surface area (Å²) in [4.78, 5) is 34.9. The summed E-state index contributed by atoms with van der Waals surface area (Å²) >= 11 is 0. The van der Waals surface area contributed by atoms with Gasteiger partial charge in [0.1, 0.15) is 23.7 Å². The summed E-state index contributed by atoms with van der Waals surface area (Å²) in [6.45, 7) is 3.66. The molecular weight excluding hydrogens is 437 g/mol. The summed E-state index contributed by atoms with van der Waals surface area (Å²) in [5, 5.41) is 7.92. The van der Waals surface area contributed by atoms with Crippen LogP contribution in [-0.2, 0) is 11.3 Å². The molecule has 0 unspecified atom stereocenters. The number of nitrogens with zero attached hydrogens (tertiary/aromatic N) is 5. The molecule has 0 atom stereocenters. The highest BCUT2D eigenvalue weighted by Gasteiger charge is 2.23. The molecule has 172 valence electrons. The van der Waals surface area contributed by atoms with Crippen LogP contribution in [0, 0.1) is 5.82 Å². The van der Waals surface area contributed by atoms with E-state index in [0.29, 0.717) is 33.5 Å². The maximum atomic E-state index is 14.0. The second-order valence-electron chi connectivity index (χ2n) is 7.34. The number of halogens is 1. The second-order valence-corrected chi connectivity index (χ2v) is 7.34. The molecule has 0 aliphatic heterocycles. The number of anilines is 2. The highest BCUT2D eigenvalue weighted by Crippen LogP contribution is 2.32. The highest BCUT2D eigenvalue weighted by molar-refractivity contribution is 6.07. The van der Waals surface area contributed by atoms with E-state index in [4.69, 9.17) is 5.73 Å². The Morgan fingerprint density at radius 3 is 2.68 bits per heavy atom. The number of carbonyl (C=O) groups excluding carboxylic acids is 2. The number of imide groups is 1. The third-order valence-electron chi connectivity index (χ3n) is 5.31. The van der Waals surface area contributed by atoms with Gasteiger partial charge in [0.15, 0.2) is 5.65 Å². The summed E-state index contributed by atoms with van der Waals surface area (Å²) in [5.74, 6) is -1.18. The Morgan fingerprint density at radius 2 is 1.97 bits per heavy atom. The van der Waals surface area contributed by atoms with Gasteiger partial charge in [0, 0.05) is 24.7 Å². The lowest BCUT2D eigenvalue weighted by Crippen LogP contribution is -2.38. The average Bonchev–Trinajstić information content (AvgIpc) is 3.24. The van der Waals surface area contributed by atoms with E-state index in [0.717, 1.165) is 11.0 Å². The van der Waals surface area contributed by atoms with Crippen LogP contribution in [0.25, 0.3) is 22.3 Å². The number of nitrogens with two attached hydrogens (primary N) is 1. The largest absolute Gasteiger partial charge is 0.386 e. The van der Waals surface area contributed by atoms with Gasteiger partial charge in [-0.1, -0.05) is 24.8 Å². The molecule has 3 N–H and O–H groups in total. The molecule has 0 saturated heterocycles. The Labute approximate surface area is 194 Å². The van der Waals surface area contributed by atoms with Gasteiger partial charge in [0.05, 0.1) is 17.6 Å². The number of fused-ring (bicyclic) bond motifs is 1. The predicted molar refractivity (Wildman–Crippen MR) is 127 cm³/mol. The average molecular weight is 459 g/mol. The summed E-state index contributed by atoms with van der Waals surface area (Å²) in [5.41, 5.74) is 8.30. The van der Waals surface area contributed by atoms with Crippen molar-refractivity contribution in [2.75, 3.05) is 24.6 Å². The molecule has 2 amide bonds. The minimum atomic E-state index is -0.531. The highest BCUT2D eigenvalue weighted by atomic mass is 19.1. The minimum absolute atomic E-state index is 0.0177. The number of aromatic nitrogens is 4. The van der Waals surface area contributed by atoms with Gasteiger partial charge in [-0.3, -0.25) is 14.5 Å². The first-order valence-corrected chi connectivity index (χ1v) is 10.4. The molecule has 2 aromatic heterocycles. The maximum absolute atomic E-state index is 14.0. The van der Waals surface area contributed by atoms with Crippen LogP contribution in [0.4, 0.5) is 15.9 Å². The molecule has 0 fully saturated rings. The summed E-state index contributed by atoms with van der Waals surface area (Å²) < 4.78 is 15.6. The van der Waals surface area contributed by atoms with Gasteiger partial charge >= 0.3 is 0 Å². The molecule has 0 saturated carbocycles. The minimum Gasteiger partial charge on any atom is -0.386 e. The maximum Gasteiger partial charge on any atom is 0.260 e. The van der Waals surface area contributed by atoms with Crippen LogP contribution in [0.15, 0.2) is 67.5 Å². The van der Waals surface area contributed by atoms with E-state index in [1.165, 1.54) is 12.4 Å². The number of rotatable bonds is 7. The number of hydrogen-bond donors (Lipinski definition) is 2. The van der Waals surface area contributed by atoms with Crippen molar-refractivity contribution in [2.24, 2.45) is 0 Å². The number of hydrogen-bond acceptors (Lipinski definition) is 7. The Kier molecular flexibility index (Phi) is 6.30. The summed E-state index contributed by atoms with van der Waals surface area (Å²) in [6, 6.07) is 13.0. The molecule has 0 bridgehead atoms. The van der Waals surface area contributed by atoms with Gasteiger partial charge < -0.3 is 11.1 Å². The zero-order chi connectivity index (χ0) is 24.2. The van der Waals surface area contributed by atoms with Gasteiger partial charge in [-0.15, -0.1) is 0 Å². The number of carbonyl (C=O) groups is 2. The first-order chi connectivity index (χ1) is 16.4. The number of benzene rings is 2. The van der Waals surface area contributed by atoms with Gasteiger partial charge in [-0.25, -0.2) is 19.0 Å². The molecule has 9 nitrogen and oxygen atoms in total. The quantitative estimate of drug-likeness (QED) is 0.408. The Balaban J connectivity index is 1.72. The lowest BCUT2D eigenvalue weighted by atomic mass is 10.1. The molecule has 2 heterocycles. The topological polar surface area (TPSA) is 119 Å². The van der Waals surface area contributed by atoms with Crippen molar-refractivity contribution in [1.29, 1.82) is 0 Å². The standard InChI is InChI=1S/C24H22FN7O2/c1-3-19(33)31(24(34)15-7-5-4-6-8-15)11-12-32-23-20(22(26)28-14-29-23)21(30-32)16-9-10-17(25)18(13-16)27-2/h3-10,13-14,27H,1,11-12H2,2H3,(H2,26,28,29). The molecule has 0 spiro atoms. The molecule has 0 radical (unpaired) electrons. The molecule has 2 aromatic carbocycles. The molecule has 34 heavy (non-hydrogen) atoms. The summed E-state index contributed by atoms with van der Waals surface area (Å²) in [6.07, 6.45) is 2.40. The van der Waals surface area contributed by atoms with Gasteiger partial charge in [0.2, 0.25) is 0 Å². The van der Waals surface area contributed by atoms with Crippen molar-refractivity contribution in [1.82, 2.24) is 24.6 Å². The van der Waals surface area contributed by atoms with Crippen molar-refractivity contribution in [3.63, 3.8) is 0 Å². The first-order valence-electron chi connectivity index (χ1n) is 10.4. The zero-order valence-corrected chi connectivity index (χ0v) is 18.4. The summed E-state index contributed by atoms with van der Waals surface area (Å²) in [7, 11) is 1.62. The third-order valence-corrected chi connectivity index (χ3v) is 5.31. The normalized spacial score (nSPS) is 10.8. The van der Waals surface area contributed by atoms with Crippen molar-refractivity contribution >= 4 is 34.4 Å². The van der Waals surface area contributed by atoms with Crippen LogP contribution < -0.4 is 11.1 Å². The van der Waals surface area contributed by atoms with Crippen molar-refractivity contribution < 1.29 is 14.0 Å². The van der Waals surface area contributed by atoms with Crippen molar-refractivity contribution in [2.45, 2.75) is 6.54 Å². The zero-order valence-electron chi connectivity index (χ0n) is 18.4. The lowest BCUT2D eigenvalue weighted by molar-refractivity contribution is -0.123. The molecular formula is C24H22FN7O2. The van der Waals surface area contributed by atoms with Gasteiger partial charge in [-0.2, -0.15) is 5.10 Å². The van der Waals surface area contributed by atoms with Crippen LogP contribution >= 0.6 is 0 Å². The van der Waals surface area contributed by atoms with Crippen molar-refractivity contribution in [3.8, 4) is 11.3 Å². The Bertz CT molecular complexity index is 1390. The second kappa shape index (κ2) is 9.49. The fraction of sp³-hybridized carbons (Fsp3) is 0.125. The Morgan fingerprint density at radius 1 is 1.21 bits per heavy atom. The monoisotopic (exact) mass is 459 g/mol. The smallest absolute Gasteiger partial charge is 0.260 e. The van der Waals surface area contributed by atoms with E-state index in [2.05, 4.69) is 27.0 Å². The number of nitrogen functional groups attached to an aromatic ring is 1. The van der Waals surface area contributed by atoms with E-state index < -0.39 is 17.6 Å². The van der Waals surface area contributed by atoms with Crippen molar-refractivity contribution in [3.05, 3.63) is 78.9 Å². The third kappa shape index (κ3) is 4.20. The van der Waals surface area contributed by atoms with Crippen LogP contribution in [0.5, 0.6) is 0 Å². The number of amides is 2. The van der Waals surface area contributed by atoms with E-state index in [9.17, 15) is 14.0 Å². The van der Waals surface area contributed by atoms with Crippen LogP contribution in [0.2, 0.25) is 0 Å². The molecule has 0 aliphatic carbocycles. The van der Waals surface area contributed by atoms with E-state index in [-0.39, 0.29) is 18.9 Å². The number of nitrogens with one attached hydrogen (secondary N) is 1. The predicted octanol–water partition coefficient (Wildman–Crippen LogP) is 3.11. The van der Waals surface area contributed by atoms with Crippen LogP contribution in [-0.4, -0.2) is 50.1 Å². The van der Waals surface area contributed by atoms with Crippen LogP contribution in [0.3, 0.4) is 0 Å². The first kappa shape index (κ1) is 22.6. The Hall–Kier alpha value is -4.60. The fourth-order valence-corrected chi connectivity index (χ4v) is 3.61. The fourth-order valence-electron chi connectivity index (χ4n) is 3.61. The molecule has 0 aliphatic rings. The van der Waals surface area contributed by atoms with Crippen LogP contribution in [0.1, 0.15) is 10.4 Å². The van der Waals surface area contributed by atoms with Gasteiger partial charge in [0.25, 0.3) is 11.8 Å².